The van der Waals surface area contributed by atoms with Crippen molar-refractivity contribution in [2.24, 2.45) is 5.73 Å². The van der Waals surface area contributed by atoms with Crippen LogP contribution in [0.2, 0.25) is 0 Å². The summed E-state index contributed by atoms with van der Waals surface area (Å²) < 4.78 is 1.93. The van der Waals surface area contributed by atoms with Crippen molar-refractivity contribution < 1.29 is 5.11 Å². The predicted octanol–water partition coefficient (Wildman–Crippen LogP) is 1.43. The third-order valence-corrected chi connectivity index (χ3v) is 2.85. The summed E-state index contributed by atoms with van der Waals surface area (Å²) in [5.41, 5.74) is 6.90. The molecule has 2 atom stereocenters. The zero-order valence-electron chi connectivity index (χ0n) is 9.82. The highest BCUT2D eigenvalue weighted by molar-refractivity contribution is 5.55. The third kappa shape index (κ3) is 2.38. The predicted molar refractivity (Wildman–Crippen MR) is 67.4 cm³/mol. The van der Waals surface area contributed by atoms with Crippen LogP contribution in [0.15, 0.2) is 42.7 Å². The molecule has 0 fully saturated rings. The molecule has 0 saturated carbocycles. The van der Waals surface area contributed by atoms with Crippen molar-refractivity contribution in [2.45, 2.75) is 19.0 Å². The number of hydrogen-bond donors (Lipinski definition) is 2. The minimum absolute atomic E-state index is 0.00780. The Labute approximate surface area is 101 Å². The largest absolute Gasteiger partial charge is 0.394 e. The lowest BCUT2D eigenvalue weighted by Gasteiger charge is -2.22. The van der Waals surface area contributed by atoms with Crippen molar-refractivity contribution in [2.75, 3.05) is 6.61 Å². The Morgan fingerprint density at radius 3 is 2.65 bits per heavy atom. The van der Waals surface area contributed by atoms with Gasteiger partial charge in [-0.3, -0.25) is 0 Å². The Hall–Kier alpha value is -1.65. The van der Waals surface area contributed by atoms with E-state index in [1.807, 2.05) is 48.0 Å². The Morgan fingerprint density at radius 2 is 2.06 bits per heavy atom. The van der Waals surface area contributed by atoms with Crippen LogP contribution in [-0.2, 0) is 0 Å². The maximum atomic E-state index is 9.41. The van der Waals surface area contributed by atoms with Crippen LogP contribution in [0.1, 0.15) is 13.0 Å². The summed E-state index contributed by atoms with van der Waals surface area (Å²) in [6.07, 6.45) is 3.58. The summed E-state index contributed by atoms with van der Waals surface area (Å²) in [6.45, 7) is 1.89. The van der Waals surface area contributed by atoms with Crippen molar-refractivity contribution in [1.29, 1.82) is 0 Å². The van der Waals surface area contributed by atoms with Gasteiger partial charge in [0.05, 0.1) is 12.6 Å². The van der Waals surface area contributed by atoms with Crippen molar-refractivity contribution in [1.82, 2.24) is 9.55 Å². The Balaban J connectivity index is 2.41. The molecule has 0 spiro atoms. The van der Waals surface area contributed by atoms with E-state index in [0.29, 0.717) is 0 Å². The van der Waals surface area contributed by atoms with Gasteiger partial charge in [0.1, 0.15) is 5.82 Å². The quantitative estimate of drug-likeness (QED) is 0.836. The second-order valence-corrected chi connectivity index (χ2v) is 4.13. The summed E-state index contributed by atoms with van der Waals surface area (Å²) in [6, 6.07) is 9.61. The first kappa shape index (κ1) is 11.8. The van der Waals surface area contributed by atoms with Gasteiger partial charge < -0.3 is 15.4 Å². The van der Waals surface area contributed by atoms with Crippen LogP contribution in [-0.4, -0.2) is 27.3 Å². The summed E-state index contributed by atoms with van der Waals surface area (Å²) in [7, 11) is 0. The molecule has 3 N–H and O–H groups in total. The molecule has 2 aromatic rings. The van der Waals surface area contributed by atoms with Gasteiger partial charge in [-0.1, -0.05) is 30.3 Å². The van der Waals surface area contributed by atoms with E-state index in [2.05, 4.69) is 4.98 Å². The fraction of sp³-hybridized carbons (Fsp3) is 0.308. The number of aliphatic hydroxyl groups excluding tert-OH is 1. The van der Waals surface area contributed by atoms with Crippen molar-refractivity contribution in [3.8, 4) is 11.4 Å². The van der Waals surface area contributed by atoms with Gasteiger partial charge in [-0.15, -0.1) is 0 Å². The van der Waals surface area contributed by atoms with Gasteiger partial charge in [0.15, 0.2) is 0 Å². The minimum atomic E-state index is -0.146. The highest BCUT2D eigenvalue weighted by Gasteiger charge is 2.18. The molecular weight excluding hydrogens is 214 g/mol. The van der Waals surface area contributed by atoms with E-state index < -0.39 is 0 Å². The number of imidazole rings is 1. The average Bonchev–Trinajstić information content (AvgIpc) is 2.80. The van der Waals surface area contributed by atoms with Crippen LogP contribution in [0.3, 0.4) is 0 Å². The van der Waals surface area contributed by atoms with E-state index in [-0.39, 0.29) is 18.7 Å². The molecule has 90 valence electrons. The number of aliphatic hydroxyl groups is 1. The van der Waals surface area contributed by atoms with Gasteiger partial charge in [-0.2, -0.15) is 0 Å². The van der Waals surface area contributed by atoms with E-state index in [1.165, 1.54) is 0 Å². The first-order valence-electron chi connectivity index (χ1n) is 5.68. The highest BCUT2D eigenvalue weighted by Crippen LogP contribution is 2.21. The lowest BCUT2D eigenvalue weighted by atomic mass is 10.1. The number of benzene rings is 1. The standard InChI is InChI=1S/C13H17N3O/c1-10(14)12(9-17)16-8-7-15-13(16)11-5-3-2-4-6-11/h2-8,10,12,17H,9,14H2,1H3. The second-order valence-electron chi connectivity index (χ2n) is 4.13. The minimum Gasteiger partial charge on any atom is -0.394 e. The SMILES string of the molecule is CC(N)C(CO)n1ccnc1-c1ccccc1. The van der Waals surface area contributed by atoms with E-state index in [9.17, 15) is 5.11 Å². The molecule has 0 aliphatic carbocycles. The van der Waals surface area contributed by atoms with Gasteiger partial charge in [0.25, 0.3) is 0 Å². The van der Waals surface area contributed by atoms with Gasteiger partial charge >= 0.3 is 0 Å². The summed E-state index contributed by atoms with van der Waals surface area (Å²) in [5.74, 6) is 0.835. The lowest BCUT2D eigenvalue weighted by molar-refractivity contribution is 0.212. The lowest BCUT2D eigenvalue weighted by Crippen LogP contribution is -2.32. The van der Waals surface area contributed by atoms with E-state index in [4.69, 9.17) is 5.73 Å². The Morgan fingerprint density at radius 1 is 1.35 bits per heavy atom. The number of nitrogens with zero attached hydrogens (tertiary/aromatic N) is 2. The first-order chi connectivity index (χ1) is 8.24. The molecule has 0 bridgehead atoms. The number of aromatic nitrogens is 2. The van der Waals surface area contributed by atoms with Crippen molar-refractivity contribution in [3.05, 3.63) is 42.7 Å². The van der Waals surface area contributed by atoms with Crippen LogP contribution in [0.4, 0.5) is 0 Å². The summed E-state index contributed by atoms with van der Waals surface area (Å²) in [5, 5.41) is 9.41. The van der Waals surface area contributed by atoms with Crippen LogP contribution >= 0.6 is 0 Å². The molecule has 1 aromatic carbocycles. The molecule has 2 rings (SSSR count). The topological polar surface area (TPSA) is 64.1 Å². The molecule has 17 heavy (non-hydrogen) atoms. The van der Waals surface area contributed by atoms with Crippen LogP contribution in [0.5, 0.6) is 0 Å². The zero-order valence-corrected chi connectivity index (χ0v) is 9.82. The molecule has 0 radical (unpaired) electrons. The zero-order chi connectivity index (χ0) is 12.3. The molecular formula is C13H17N3O. The number of nitrogens with two attached hydrogens (primary N) is 1. The van der Waals surface area contributed by atoms with Gasteiger partial charge in [0, 0.05) is 24.0 Å². The third-order valence-electron chi connectivity index (χ3n) is 2.85. The van der Waals surface area contributed by atoms with E-state index in [0.717, 1.165) is 11.4 Å². The molecule has 4 nitrogen and oxygen atoms in total. The van der Waals surface area contributed by atoms with Gasteiger partial charge in [0.2, 0.25) is 0 Å². The maximum absolute atomic E-state index is 9.41. The van der Waals surface area contributed by atoms with Crippen LogP contribution < -0.4 is 5.73 Å². The molecule has 0 aliphatic rings. The molecule has 4 heteroatoms. The summed E-state index contributed by atoms with van der Waals surface area (Å²) >= 11 is 0. The monoisotopic (exact) mass is 231 g/mol. The molecule has 0 saturated heterocycles. The van der Waals surface area contributed by atoms with E-state index >= 15 is 0 Å². The first-order valence-corrected chi connectivity index (χ1v) is 5.68. The Bertz CT molecular complexity index is 465. The maximum Gasteiger partial charge on any atom is 0.140 e. The van der Waals surface area contributed by atoms with Crippen molar-refractivity contribution >= 4 is 0 Å². The molecule has 1 aromatic heterocycles. The number of hydrogen-bond acceptors (Lipinski definition) is 3. The van der Waals surface area contributed by atoms with E-state index in [1.54, 1.807) is 6.20 Å². The highest BCUT2D eigenvalue weighted by atomic mass is 16.3. The molecule has 0 aliphatic heterocycles. The van der Waals surface area contributed by atoms with Crippen LogP contribution in [0.25, 0.3) is 11.4 Å². The fourth-order valence-electron chi connectivity index (χ4n) is 1.90. The molecule has 2 unspecified atom stereocenters. The fourth-order valence-corrected chi connectivity index (χ4v) is 1.90. The molecule has 1 heterocycles. The normalized spacial score (nSPS) is 14.5. The van der Waals surface area contributed by atoms with Gasteiger partial charge in [-0.25, -0.2) is 4.98 Å². The number of rotatable bonds is 4. The molecule has 0 amide bonds. The van der Waals surface area contributed by atoms with Gasteiger partial charge in [-0.05, 0) is 6.92 Å². The Kier molecular flexibility index (Phi) is 3.56. The summed E-state index contributed by atoms with van der Waals surface area (Å²) in [4.78, 5) is 4.33. The second kappa shape index (κ2) is 5.12. The average molecular weight is 231 g/mol. The smallest absolute Gasteiger partial charge is 0.140 e. The van der Waals surface area contributed by atoms with Crippen molar-refractivity contribution in [3.63, 3.8) is 0 Å². The van der Waals surface area contributed by atoms with Crippen LogP contribution in [0, 0.1) is 0 Å².